The molecule has 5 nitrogen and oxygen atoms in total. The number of carbonyl (C=O) groups is 2. The van der Waals surface area contributed by atoms with Crippen LogP contribution in [0.4, 0.5) is 0 Å². The fraction of sp³-hybridized carbons (Fsp3) is 0.391. The second-order valence-corrected chi connectivity index (χ2v) is 8.72. The lowest BCUT2D eigenvalue weighted by Gasteiger charge is -2.41. The molecule has 0 saturated carbocycles. The van der Waals surface area contributed by atoms with Crippen molar-refractivity contribution in [3.63, 3.8) is 0 Å². The van der Waals surface area contributed by atoms with Gasteiger partial charge in [0.2, 0.25) is 0 Å². The fourth-order valence-corrected chi connectivity index (χ4v) is 5.22. The van der Waals surface area contributed by atoms with Crippen molar-refractivity contribution in [1.82, 2.24) is 4.90 Å². The summed E-state index contributed by atoms with van der Waals surface area (Å²) < 4.78 is 11.0. The van der Waals surface area contributed by atoms with Gasteiger partial charge in [0.25, 0.3) is 0 Å². The van der Waals surface area contributed by atoms with E-state index in [-0.39, 0.29) is 42.0 Å². The highest BCUT2D eigenvalue weighted by Crippen LogP contribution is 2.48. The molecule has 2 heterocycles. The molecule has 2 bridgehead atoms. The Morgan fingerprint density at radius 3 is 2.40 bits per heavy atom. The minimum absolute atomic E-state index is 0.00280. The molecule has 0 radical (unpaired) electrons. The van der Waals surface area contributed by atoms with Gasteiger partial charge in [0.15, 0.2) is 0 Å². The average Bonchev–Trinajstić information content (AvgIpc) is 2.94. The van der Waals surface area contributed by atoms with E-state index in [0.717, 1.165) is 5.56 Å². The molecule has 158 valence electrons. The van der Waals surface area contributed by atoms with Gasteiger partial charge in [-0.1, -0.05) is 47.5 Å². The Labute approximate surface area is 185 Å². The van der Waals surface area contributed by atoms with Crippen molar-refractivity contribution >= 4 is 35.1 Å². The molecule has 4 rings (SSSR count). The lowest BCUT2D eigenvalue weighted by atomic mass is 9.76. The van der Waals surface area contributed by atoms with Crippen molar-refractivity contribution in [3.05, 3.63) is 69.7 Å². The van der Waals surface area contributed by atoms with E-state index >= 15 is 0 Å². The Hall–Kier alpha value is -2.08. The Morgan fingerprint density at radius 2 is 1.73 bits per heavy atom. The zero-order chi connectivity index (χ0) is 21.4. The van der Waals surface area contributed by atoms with E-state index < -0.39 is 0 Å². The summed E-state index contributed by atoms with van der Waals surface area (Å²) in [6.07, 6.45) is 0.932. The van der Waals surface area contributed by atoms with Crippen LogP contribution in [0.5, 0.6) is 0 Å². The number of nitrogens with zero attached hydrogens (tertiary/aromatic N) is 1. The summed E-state index contributed by atoms with van der Waals surface area (Å²) in [5.41, 5.74) is 1.46. The van der Waals surface area contributed by atoms with Crippen LogP contribution in [-0.2, 0) is 14.3 Å². The summed E-state index contributed by atoms with van der Waals surface area (Å²) in [4.78, 5) is 27.6. The van der Waals surface area contributed by atoms with Crippen molar-refractivity contribution < 1.29 is 19.1 Å². The Morgan fingerprint density at radius 1 is 1.00 bits per heavy atom. The quantitative estimate of drug-likeness (QED) is 0.642. The number of ether oxygens (including phenoxy) is 2. The maximum atomic E-state index is 12.8. The largest absolute Gasteiger partial charge is 0.469 e. The van der Waals surface area contributed by atoms with E-state index in [2.05, 4.69) is 4.90 Å². The number of fused-ring (bicyclic) bond motifs is 2. The van der Waals surface area contributed by atoms with Crippen molar-refractivity contribution in [2.45, 2.75) is 36.9 Å². The van der Waals surface area contributed by atoms with Gasteiger partial charge in [-0.25, -0.2) is 4.79 Å². The van der Waals surface area contributed by atoms with Gasteiger partial charge in [-0.15, -0.1) is 0 Å². The van der Waals surface area contributed by atoms with Gasteiger partial charge in [0.05, 0.1) is 28.6 Å². The summed E-state index contributed by atoms with van der Waals surface area (Å²) in [5.74, 6) is -1.09. The molecule has 0 aliphatic carbocycles. The van der Waals surface area contributed by atoms with E-state index in [1.807, 2.05) is 37.4 Å². The summed E-state index contributed by atoms with van der Waals surface area (Å²) in [5, 5.41) is 0.928. The highest BCUT2D eigenvalue weighted by atomic mass is 35.5. The molecular weight excluding hydrogens is 425 g/mol. The maximum absolute atomic E-state index is 12.8. The van der Waals surface area contributed by atoms with Crippen LogP contribution < -0.4 is 0 Å². The first-order valence-electron chi connectivity index (χ1n) is 9.91. The highest BCUT2D eigenvalue weighted by Gasteiger charge is 2.54. The number of halogens is 2. The number of benzene rings is 2. The van der Waals surface area contributed by atoms with Crippen LogP contribution in [0.3, 0.4) is 0 Å². The summed E-state index contributed by atoms with van der Waals surface area (Å²) in [6.45, 7) is 0. The molecule has 0 unspecified atom stereocenters. The van der Waals surface area contributed by atoms with E-state index in [4.69, 9.17) is 32.7 Å². The van der Waals surface area contributed by atoms with Crippen LogP contribution in [0.25, 0.3) is 0 Å². The summed E-state index contributed by atoms with van der Waals surface area (Å²) in [6, 6.07) is 14.3. The van der Waals surface area contributed by atoms with Gasteiger partial charge in [-0.05, 0) is 43.3 Å². The molecule has 2 saturated heterocycles. The third-order valence-electron chi connectivity index (χ3n) is 6.41. The molecule has 2 fully saturated rings. The van der Waals surface area contributed by atoms with Crippen LogP contribution in [0, 0.1) is 5.92 Å². The molecule has 0 aromatic heterocycles. The number of hydrogen-bond acceptors (Lipinski definition) is 5. The lowest BCUT2D eigenvalue weighted by Crippen LogP contribution is -2.50. The fourth-order valence-electron chi connectivity index (χ4n) is 4.91. The molecular formula is C23H23Cl2NO4. The predicted octanol–water partition coefficient (Wildman–Crippen LogP) is 4.57. The van der Waals surface area contributed by atoms with Crippen LogP contribution in [0.15, 0.2) is 48.5 Å². The van der Waals surface area contributed by atoms with Gasteiger partial charge in [-0.2, -0.15) is 0 Å². The standard InChI is InChI=1S/C23H23Cl2NO4/c1-26-18-11-15(14-8-9-16(24)17(25)10-14)21(23(28)29-2)19(26)12-20(18)30-22(27)13-6-4-3-5-7-13/h3-10,15,18-21H,11-12H2,1-2H3/t15-,18+,19+,20+,21-/m0/s1. The van der Waals surface area contributed by atoms with E-state index in [1.165, 1.54) is 7.11 Å². The topological polar surface area (TPSA) is 55.8 Å². The molecule has 5 atom stereocenters. The van der Waals surface area contributed by atoms with Gasteiger partial charge in [-0.3, -0.25) is 9.69 Å². The molecule has 2 aromatic rings. The van der Waals surface area contributed by atoms with E-state index in [9.17, 15) is 9.59 Å². The molecule has 7 heteroatoms. The van der Waals surface area contributed by atoms with Crippen molar-refractivity contribution in [1.29, 1.82) is 0 Å². The first-order chi connectivity index (χ1) is 14.4. The SMILES string of the molecule is COC(=O)[C@@H]1[C@H]2C[C@@H](OC(=O)c3ccccc3)[C@@H](C[C@H]1c1ccc(Cl)c(Cl)c1)N2C. The molecule has 0 N–H and O–H groups in total. The molecule has 2 aliphatic heterocycles. The van der Waals surface area contributed by atoms with Crippen LogP contribution in [-0.4, -0.2) is 49.2 Å². The first kappa shape index (κ1) is 21.2. The van der Waals surface area contributed by atoms with E-state index in [0.29, 0.717) is 28.5 Å². The van der Waals surface area contributed by atoms with Gasteiger partial charge in [0.1, 0.15) is 6.10 Å². The van der Waals surface area contributed by atoms with Gasteiger partial charge >= 0.3 is 11.9 Å². The molecule has 0 spiro atoms. The summed E-state index contributed by atoms with van der Waals surface area (Å²) in [7, 11) is 3.38. The lowest BCUT2D eigenvalue weighted by molar-refractivity contribution is -0.150. The number of hydrogen-bond donors (Lipinski definition) is 0. The van der Waals surface area contributed by atoms with Crippen LogP contribution >= 0.6 is 23.2 Å². The van der Waals surface area contributed by atoms with Gasteiger partial charge in [0, 0.05) is 24.4 Å². The second-order valence-electron chi connectivity index (χ2n) is 7.91. The highest BCUT2D eigenvalue weighted by molar-refractivity contribution is 6.42. The normalized spacial score (nSPS) is 28.2. The smallest absolute Gasteiger partial charge is 0.338 e. The zero-order valence-electron chi connectivity index (χ0n) is 16.8. The minimum atomic E-state index is -0.381. The number of piperidine rings is 1. The van der Waals surface area contributed by atoms with Crippen LogP contribution in [0.1, 0.15) is 34.7 Å². The molecule has 0 amide bonds. The first-order valence-corrected chi connectivity index (χ1v) is 10.7. The number of likely N-dealkylation sites (N-methyl/N-ethyl adjacent to an activating group) is 1. The predicted molar refractivity (Wildman–Crippen MR) is 115 cm³/mol. The van der Waals surface area contributed by atoms with Gasteiger partial charge < -0.3 is 9.47 Å². The monoisotopic (exact) mass is 447 g/mol. The zero-order valence-corrected chi connectivity index (χ0v) is 18.3. The maximum Gasteiger partial charge on any atom is 0.338 e. The number of methoxy groups -OCH3 is 1. The average molecular weight is 448 g/mol. The Bertz CT molecular complexity index is 951. The Balaban J connectivity index is 1.62. The Kier molecular flexibility index (Phi) is 6.05. The minimum Gasteiger partial charge on any atom is -0.469 e. The number of esters is 2. The third kappa shape index (κ3) is 3.82. The molecule has 2 aliphatic rings. The molecule has 30 heavy (non-hydrogen) atoms. The summed E-state index contributed by atoms with van der Waals surface area (Å²) >= 11 is 12.3. The molecule has 2 aromatic carbocycles. The van der Waals surface area contributed by atoms with Crippen LogP contribution in [0.2, 0.25) is 10.0 Å². The van der Waals surface area contributed by atoms with E-state index in [1.54, 1.807) is 18.2 Å². The van der Waals surface area contributed by atoms with Crippen molar-refractivity contribution in [2.24, 2.45) is 5.92 Å². The number of carbonyl (C=O) groups excluding carboxylic acids is 2. The second kappa shape index (κ2) is 8.58. The number of rotatable bonds is 4. The van der Waals surface area contributed by atoms with Crippen molar-refractivity contribution in [2.75, 3.05) is 14.2 Å². The third-order valence-corrected chi connectivity index (χ3v) is 7.14. The van der Waals surface area contributed by atoms with Crippen molar-refractivity contribution in [3.8, 4) is 0 Å².